The van der Waals surface area contributed by atoms with Gasteiger partial charge in [0.2, 0.25) is 0 Å². The van der Waals surface area contributed by atoms with Gasteiger partial charge in [0.25, 0.3) is 5.91 Å². The van der Waals surface area contributed by atoms with Crippen molar-refractivity contribution in [1.29, 1.82) is 0 Å². The quantitative estimate of drug-likeness (QED) is 0.793. The first-order chi connectivity index (χ1) is 11.6. The van der Waals surface area contributed by atoms with Crippen molar-refractivity contribution < 1.29 is 4.79 Å². The van der Waals surface area contributed by atoms with Crippen LogP contribution in [0.1, 0.15) is 20.9 Å². The number of amides is 1. The standard InChI is InChI=1S/C16H14N6OS/c1-22(2)16(23)15-21-12-13(18-8-19-14(12)24-15)20-11-4-3-9-6-17-7-10(9)5-11/h3-5,7-8H,6H2,1-2H3,(H,18,19,20). The number of fused-ring (bicyclic) bond motifs is 2. The van der Waals surface area contributed by atoms with Gasteiger partial charge >= 0.3 is 0 Å². The second-order valence-electron chi connectivity index (χ2n) is 5.60. The number of aliphatic imine (C=N–C) groups is 1. The molecule has 0 aliphatic carbocycles. The Kier molecular flexibility index (Phi) is 3.46. The van der Waals surface area contributed by atoms with Gasteiger partial charge in [-0.3, -0.25) is 9.79 Å². The molecule has 0 spiro atoms. The number of benzene rings is 1. The van der Waals surface area contributed by atoms with Crippen LogP contribution in [0.4, 0.5) is 11.5 Å². The number of rotatable bonds is 3. The Bertz CT molecular complexity index is 978. The van der Waals surface area contributed by atoms with Crippen LogP contribution < -0.4 is 5.32 Å². The Balaban J connectivity index is 1.71. The first kappa shape index (κ1) is 14.7. The van der Waals surface area contributed by atoms with Gasteiger partial charge in [0, 0.05) is 26.0 Å². The Labute approximate surface area is 142 Å². The van der Waals surface area contributed by atoms with Gasteiger partial charge in [0.05, 0.1) is 6.54 Å². The van der Waals surface area contributed by atoms with Crippen LogP contribution in [-0.4, -0.2) is 46.1 Å². The van der Waals surface area contributed by atoms with Crippen LogP contribution >= 0.6 is 11.3 Å². The van der Waals surface area contributed by atoms with Gasteiger partial charge in [-0.1, -0.05) is 17.4 Å². The summed E-state index contributed by atoms with van der Waals surface area (Å²) in [5, 5.41) is 3.67. The van der Waals surface area contributed by atoms with E-state index in [1.165, 1.54) is 28.1 Å². The lowest BCUT2D eigenvalue weighted by Crippen LogP contribution is -2.21. The molecule has 1 aromatic carbocycles. The Hall–Kier alpha value is -2.87. The minimum absolute atomic E-state index is 0.141. The zero-order valence-electron chi connectivity index (χ0n) is 13.1. The summed E-state index contributed by atoms with van der Waals surface area (Å²) in [6.45, 7) is 0.732. The van der Waals surface area contributed by atoms with E-state index in [4.69, 9.17) is 0 Å². The van der Waals surface area contributed by atoms with E-state index in [1.54, 1.807) is 14.1 Å². The second-order valence-corrected chi connectivity index (χ2v) is 6.58. The van der Waals surface area contributed by atoms with Crippen molar-refractivity contribution in [1.82, 2.24) is 19.9 Å². The summed E-state index contributed by atoms with van der Waals surface area (Å²) in [4.78, 5) is 31.4. The third kappa shape index (κ3) is 2.50. The molecule has 1 aliphatic rings. The van der Waals surface area contributed by atoms with E-state index in [0.717, 1.165) is 17.8 Å². The number of hydrogen-bond donors (Lipinski definition) is 1. The van der Waals surface area contributed by atoms with Crippen LogP contribution in [0.5, 0.6) is 0 Å². The van der Waals surface area contributed by atoms with Crippen molar-refractivity contribution in [2.45, 2.75) is 6.54 Å². The van der Waals surface area contributed by atoms with Crippen LogP contribution in [0.2, 0.25) is 0 Å². The third-order valence-electron chi connectivity index (χ3n) is 3.69. The number of nitrogens with one attached hydrogen (secondary N) is 1. The number of thiazole rings is 1. The largest absolute Gasteiger partial charge is 0.343 e. The topological polar surface area (TPSA) is 83.4 Å². The summed E-state index contributed by atoms with van der Waals surface area (Å²) in [5.74, 6) is 0.446. The minimum atomic E-state index is -0.141. The van der Waals surface area contributed by atoms with Gasteiger partial charge in [-0.05, 0) is 23.3 Å². The van der Waals surface area contributed by atoms with Gasteiger partial charge in [-0.2, -0.15) is 0 Å². The predicted octanol–water partition coefficient (Wildman–Crippen LogP) is 2.46. The van der Waals surface area contributed by atoms with Gasteiger partial charge in [0.15, 0.2) is 10.8 Å². The molecule has 0 saturated carbocycles. The predicted molar refractivity (Wildman–Crippen MR) is 94.3 cm³/mol. The molecule has 0 saturated heterocycles. The van der Waals surface area contributed by atoms with Gasteiger partial charge in [-0.15, -0.1) is 0 Å². The van der Waals surface area contributed by atoms with Crippen molar-refractivity contribution in [2.24, 2.45) is 4.99 Å². The summed E-state index contributed by atoms with van der Waals surface area (Å²) in [5.41, 5.74) is 3.81. The van der Waals surface area contributed by atoms with Crippen LogP contribution in [0.3, 0.4) is 0 Å². The maximum Gasteiger partial charge on any atom is 0.282 e. The summed E-state index contributed by atoms with van der Waals surface area (Å²) in [7, 11) is 3.40. The van der Waals surface area contributed by atoms with Gasteiger partial charge in [0.1, 0.15) is 16.7 Å². The molecule has 0 fully saturated rings. The van der Waals surface area contributed by atoms with E-state index in [1.807, 2.05) is 24.4 Å². The molecule has 3 heterocycles. The van der Waals surface area contributed by atoms with Crippen LogP contribution in [0.15, 0.2) is 29.5 Å². The van der Waals surface area contributed by atoms with E-state index >= 15 is 0 Å². The molecule has 0 unspecified atom stereocenters. The van der Waals surface area contributed by atoms with Crippen molar-refractivity contribution in [2.75, 3.05) is 19.4 Å². The molecule has 1 amide bonds. The summed E-state index contributed by atoms with van der Waals surface area (Å²) in [6.07, 6.45) is 3.34. The first-order valence-corrected chi connectivity index (χ1v) is 8.16. The molecule has 4 rings (SSSR count). The highest BCUT2D eigenvalue weighted by molar-refractivity contribution is 7.19. The number of hydrogen-bond acceptors (Lipinski definition) is 7. The monoisotopic (exact) mass is 338 g/mol. The fraction of sp³-hybridized carbons (Fsp3) is 0.188. The van der Waals surface area contributed by atoms with Crippen molar-refractivity contribution in [3.63, 3.8) is 0 Å². The molecule has 2 aromatic heterocycles. The molecular weight excluding hydrogens is 324 g/mol. The zero-order chi connectivity index (χ0) is 16.7. The average molecular weight is 338 g/mol. The first-order valence-electron chi connectivity index (χ1n) is 7.35. The summed E-state index contributed by atoms with van der Waals surface area (Å²) >= 11 is 1.26. The molecule has 1 aliphatic heterocycles. The maximum absolute atomic E-state index is 12.1. The number of nitrogens with zero attached hydrogens (tertiary/aromatic N) is 5. The molecule has 8 heteroatoms. The molecule has 3 aromatic rings. The molecule has 7 nitrogen and oxygen atoms in total. The fourth-order valence-electron chi connectivity index (χ4n) is 2.44. The normalized spacial score (nSPS) is 12.4. The Morgan fingerprint density at radius 1 is 1.29 bits per heavy atom. The zero-order valence-corrected chi connectivity index (χ0v) is 14.0. The number of carbonyl (C=O) groups excluding carboxylic acids is 1. The molecule has 0 atom stereocenters. The van der Waals surface area contributed by atoms with Crippen LogP contribution in [0, 0.1) is 0 Å². The molecule has 0 bridgehead atoms. The van der Waals surface area contributed by atoms with Crippen molar-refractivity contribution >= 4 is 45.3 Å². The number of aromatic nitrogens is 3. The van der Waals surface area contributed by atoms with Crippen LogP contribution in [0.25, 0.3) is 10.3 Å². The van der Waals surface area contributed by atoms with Crippen molar-refractivity contribution in [3.05, 3.63) is 40.7 Å². The second kappa shape index (κ2) is 5.64. The third-order valence-corrected chi connectivity index (χ3v) is 4.64. The van der Waals surface area contributed by atoms with E-state index < -0.39 is 0 Å². The summed E-state index contributed by atoms with van der Waals surface area (Å²) < 4.78 is 0. The minimum Gasteiger partial charge on any atom is -0.343 e. The highest BCUT2D eigenvalue weighted by Gasteiger charge is 2.17. The lowest BCUT2D eigenvalue weighted by molar-refractivity contribution is 0.0827. The Morgan fingerprint density at radius 2 is 2.17 bits per heavy atom. The maximum atomic E-state index is 12.1. The van der Waals surface area contributed by atoms with Gasteiger partial charge in [-0.25, -0.2) is 15.0 Å². The molecule has 0 radical (unpaired) electrons. The van der Waals surface area contributed by atoms with E-state index in [2.05, 4.69) is 25.3 Å². The molecule has 120 valence electrons. The number of anilines is 2. The lowest BCUT2D eigenvalue weighted by atomic mass is 10.1. The SMILES string of the molecule is CN(C)C(=O)c1nc2c(Nc3ccc4c(c3)C=NC4)ncnc2s1. The van der Waals surface area contributed by atoms with E-state index in [9.17, 15) is 4.79 Å². The highest BCUT2D eigenvalue weighted by Crippen LogP contribution is 2.28. The van der Waals surface area contributed by atoms with E-state index in [-0.39, 0.29) is 5.91 Å². The Morgan fingerprint density at radius 3 is 3.00 bits per heavy atom. The lowest BCUT2D eigenvalue weighted by Gasteiger charge is -2.07. The highest BCUT2D eigenvalue weighted by atomic mass is 32.1. The van der Waals surface area contributed by atoms with E-state index in [0.29, 0.717) is 21.2 Å². The smallest absolute Gasteiger partial charge is 0.282 e. The summed E-state index contributed by atoms with van der Waals surface area (Å²) in [6, 6.07) is 6.06. The molecular formula is C16H14N6OS. The average Bonchev–Trinajstić information content (AvgIpc) is 3.20. The van der Waals surface area contributed by atoms with Crippen LogP contribution in [-0.2, 0) is 6.54 Å². The molecule has 24 heavy (non-hydrogen) atoms. The van der Waals surface area contributed by atoms with Crippen molar-refractivity contribution in [3.8, 4) is 0 Å². The fourth-order valence-corrected chi connectivity index (χ4v) is 3.37. The molecule has 1 N–H and O–H groups in total. The van der Waals surface area contributed by atoms with Gasteiger partial charge < -0.3 is 10.2 Å². The number of carbonyl (C=O) groups is 1.